The minimum absolute atomic E-state index is 0.0514. The van der Waals surface area contributed by atoms with Crippen molar-refractivity contribution < 1.29 is 28.7 Å². The Bertz CT molecular complexity index is 3430. The average molecular weight is 1100 g/mol. The largest absolute Gasteiger partial charge is 0.477 e. The fraction of sp³-hybridized carbons (Fsp3) is 0.475. The Balaban J connectivity index is 0.695. The summed E-state index contributed by atoms with van der Waals surface area (Å²) in [6, 6.07) is 14.1. The van der Waals surface area contributed by atoms with E-state index in [0.29, 0.717) is 40.3 Å². The third-order valence-corrected chi connectivity index (χ3v) is 18.1. The molecule has 2 aliphatic heterocycles. The predicted molar refractivity (Wildman–Crippen MR) is 296 cm³/mol. The number of nitriles is 1. The van der Waals surface area contributed by atoms with Gasteiger partial charge < -0.3 is 40.0 Å². The van der Waals surface area contributed by atoms with E-state index in [1.165, 1.54) is 22.6 Å². The van der Waals surface area contributed by atoms with Crippen molar-refractivity contribution in [1.29, 1.82) is 5.26 Å². The van der Waals surface area contributed by atoms with Crippen LogP contribution in [0.15, 0.2) is 84.3 Å². The number of amides is 2. The van der Waals surface area contributed by atoms with Crippen LogP contribution < -0.4 is 20.5 Å². The number of nitrogen functional groups attached to an aromatic ring is 1. The fourth-order valence-corrected chi connectivity index (χ4v) is 13.9. The van der Waals surface area contributed by atoms with Crippen LogP contribution in [-0.4, -0.2) is 117 Å². The number of pyridine rings is 1. The van der Waals surface area contributed by atoms with Gasteiger partial charge in [-0.2, -0.15) is 15.2 Å². The number of ether oxygens (including phenoxy) is 2. The van der Waals surface area contributed by atoms with Gasteiger partial charge in [0.05, 0.1) is 53.9 Å². The molecule has 20 nitrogen and oxygen atoms in total. The molecule has 1 saturated carbocycles. The van der Waals surface area contributed by atoms with Gasteiger partial charge in [-0.1, -0.05) is 55.4 Å². The number of carbonyl (C=O) groups is 2. The number of β-amino-alcohol motifs (C(OH)–C–C–N with tert-alkyl or cyclic N) is 1. The number of hydrogen-bond donors (Lipinski definition) is 3. The van der Waals surface area contributed by atoms with E-state index in [0.717, 1.165) is 128 Å². The molecule has 7 aromatic rings. The molecule has 8 heterocycles. The maximum Gasteiger partial charge on any atom is 0.248 e. The van der Waals surface area contributed by atoms with E-state index in [4.69, 9.17) is 29.7 Å². The Morgan fingerprint density at radius 3 is 2.44 bits per heavy atom. The van der Waals surface area contributed by atoms with E-state index in [1.807, 2.05) is 70.3 Å². The summed E-state index contributed by atoms with van der Waals surface area (Å²) in [4.78, 5) is 56.0. The summed E-state index contributed by atoms with van der Waals surface area (Å²) >= 11 is 1.51. The highest BCUT2D eigenvalue weighted by Crippen LogP contribution is 2.55. The van der Waals surface area contributed by atoms with E-state index in [2.05, 4.69) is 46.7 Å². The van der Waals surface area contributed by atoms with Crippen molar-refractivity contribution in [2.24, 2.45) is 10.8 Å². The number of nitrogens with one attached hydrogen (secondary N) is 1. The molecule has 3 fully saturated rings. The first-order valence-electron chi connectivity index (χ1n) is 27.9. The zero-order valence-corrected chi connectivity index (χ0v) is 46.4. The summed E-state index contributed by atoms with van der Waals surface area (Å²) in [7, 11) is 0. The monoisotopic (exact) mass is 1100 g/mol. The molecule has 12 rings (SSSR count). The van der Waals surface area contributed by atoms with Crippen molar-refractivity contribution in [2.45, 2.75) is 134 Å². The van der Waals surface area contributed by atoms with E-state index >= 15 is 0 Å². The highest BCUT2D eigenvalue weighted by molar-refractivity contribution is 7.16. The normalized spacial score (nSPS) is 21.5. The van der Waals surface area contributed by atoms with Crippen LogP contribution in [0, 0.1) is 22.2 Å². The molecular formula is C59H66N14O6S. The minimum atomic E-state index is -0.842. The molecule has 414 valence electrons. The number of likely N-dealkylation sites (tertiary alicyclic amines) is 2. The van der Waals surface area contributed by atoms with Crippen LogP contribution in [0.2, 0.25) is 0 Å². The highest BCUT2D eigenvalue weighted by atomic mass is 32.1. The summed E-state index contributed by atoms with van der Waals surface area (Å²) < 4.78 is 20.8. The van der Waals surface area contributed by atoms with Gasteiger partial charge in [-0.05, 0) is 124 Å². The number of rotatable bonds is 15. The Morgan fingerprint density at radius 1 is 0.988 bits per heavy atom. The molecule has 21 heteroatoms. The molecule has 5 aliphatic rings. The van der Waals surface area contributed by atoms with Crippen LogP contribution in [0.3, 0.4) is 0 Å². The molecule has 6 aromatic heterocycles. The Labute approximate surface area is 468 Å². The highest BCUT2D eigenvalue weighted by Gasteiger charge is 2.50. The quantitative estimate of drug-likeness (QED) is 0.0871. The predicted octanol–water partition coefficient (Wildman–Crippen LogP) is 8.31. The van der Waals surface area contributed by atoms with Crippen molar-refractivity contribution in [3.63, 3.8) is 0 Å². The lowest BCUT2D eigenvalue weighted by molar-refractivity contribution is -0.144. The Hall–Kier alpha value is -7.67. The van der Waals surface area contributed by atoms with E-state index in [9.17, 15) is 20.0 Å². The van der Waals surface area contributed by atoms with Gasteiger partial charge in [0.1, 0.15) is 29.5 Å². The van der Waals surface area contributed by atoms with Gasteiger partial charge in [0.15, 0.2) is 23.0 Å². The van der Waals surface area contributed by atoms with Gasteiger partial charge in [0.25, 0.3) is 0 Å². The standard InChI is InChI=1S/C59H66N14O6S/c1-35(36-9-11-37(12-10-36)38-13-21-62-22-14-38)65-55(75)45-25-40(74)30-72(45)56(76)51(57(2,3)4)73-31-44(68-70-73)39-15-23-71(24-16-39)32-58(19-20-58)33-77-47-26-48(78-41-28-63-34-64-29-41)67-54(66-47)50-42-7-5-17-59(52(42)79-69-50)18-6-8-46-49(59)43(27-60)53(61)80-46/h9-14,21-22,26,28-29,31,34-35,39-40,45,51,74H,5-8,15-20,23-25,30,32-33,61H2,1-4H3,(H,65,75)/t35-,40+,45-,51+,59-/m0/s1. The fourth-order valence-electron chi connectivity index (χ4n) is 12.8. The molecule has 1 aromatic carbocycles. The molecule has 5 atom stereocenters. The third-order valence-electron chi connectivity index (χ3n) is 17.1. The van der Waals surface area contributed by atoms with Crippen LogP contribution in [0.1, 0.15) is 142 Å². The van der Waals surface area contributed by atoms with Crippen LogP contribution >= 0.6 is 11.3 Å². The topological polar surface area (TPSA) is 262 Å². The lowest BCUT2D eigenvalue weighted by Gasteiger charge is -2.39. The molecule has 0 unspecified atom stereocenters. The molecule has 2 amide bonds. The molecule has 0 radical (unpaired) electrons. The first-order valence-corrected chi connectivity index (χ1v) is 28.7. The third kappa shape index (κ3) is 10.4. The number of piperidine rings is 1. The van der Waals surface area contributed by atoms with Crippen molar-refractivity contribution in [2.75, 3.05) is 38.5 Å². The molecule has 80 heavy (non-hydrogen) atoms. The van der Waals surface area contributed by atoms with Crippen LogP contribution in [0.25, 0.3) is 22.6 Å². The number of aryl methyl sites for hydroxylation is 1. The van der Waals surface area contributed by atoms with Gasteiger partial charge in [0, 0.05) is 59.9 Å². The summed E-state index contributed by atoms with van der Waals surface area (Å²) in [6.45, 7) is 11.0. The second kappa shape index (κ2) is 21.4. The summed E-state index contributed by atoms with van der Waals surface area (Å²) in [5.41, 5.74) is 12.1. The number of aliphatic hydroxyl groups excluding tert-OH is 1. The maximum absolute atomic E-state index is 14.7. The van der Waals surface area contributed by atoms with Crippen molar-refractivity contribution in [3.05, 3.63) is 118 Å². The maximum atomic E-state index is 14.7. The summed E-state index contributed by atoms with van der Waals surface area (Å²) in [6.07, 6.45) is 18.2. The van der Waals surface area contributed by atoms with Gasteiger partial charge in [-0.25, -0.2) is 14.6 Å². The van der Waals surface area contributed by atoms with E-state index in [-0.39, 0.29) is 48.0 Å². The van der Waals surface area contributed by atoms with Gasteiger partial charge >= 0.3 is 0 Å². The van der Waals surface area contributed by atoms with Crippen LogP contribution in [-0.2, 0) is 27.8 Å². The molecule has 3 aliphatic carbocycles. The number of thiophene rings is 1. The number of carbonyl (C=O) groups excluding carboxylic acids is 2. The number of nitrogens with two attached hydrogens (primary N) is 1. The lowest BCUT2D eigenvalue weighted by atomic mass is 9.63. The minimum Gasteiger partial charge on any atom is -0.477 e. The van der Waals surface area contributed by atoms with Gasteiger partial charge in [0.2, 0.25) is 23.6 Å². The molecule has 4 N–H and O–H groups in total. The summed E-state index contributed by atoms with van der Waals surface area (Å²) in [5.74, 6) is 1.68. The smallest absolute Gasteiger partial charge is 0.248 e. The zero-order valence-electron chi connectivity index (χ0n) is 45.5. The SMILES string of the molecule is C[C@H](NC(=O)[C@@H]1C[C@@H](O)CN1C(=O)[C@@H](n1cc(C2CCN(CC3(COc4cc(Oc5cncnc5)nc(-c5noc6c5CCC[C@@]65CCCc6sc(N)c(C#N)c65)n4)CC3)CC2)nn1)C(C)(C)C)c1ccc(-c2ccncc2)cc1. The van der Waals surface area contributed by atoms with Crippen molar-refractivity contribution >= 4 is 28.2 Å². The van der Waals surface area contributed by atoms with Crippen molar-refractivity contribution in [1.82, 2.24) is 60.2 Å². The van der Waals surface area contributed by atoms with Crippen molar-refractivity contribution in [3.8, 4) is 46.2 Å². The van der Waals surface area contributed by atoms with E-state index < -0.39 is 29.0 Å². The second-order valence-corrected chi connectivity index (χ2v) is 24.8. The van der Waals surface area contributed by atoms with Crippen LogP contribution in [0.5, 0.6) is 17.5 Å². The van der Waals surface area contributed by atoms with Crippen LogP contribution in [0.4, 0.5) is 5.00 Å². The molecule has 1 spiro atoms. The Kier molecular flexibility index (Phi) is 14.2. The number of anilines is 1. The number of benzene rings is 1. The number of nitrogens with zero attached hydrogens (tertiary/aromatic N) is 12. The first-order chi connectivity index (χ1) is 38.7. The number of fused-ring (bicyclic) bond motifs is 4. The number of hydrogen-bond acceptors (Lipinski definition) is 18. The first kappa shape index (κ1) is 53.0. The zero-order chi connectivity index (χ0) is 55.3. The van der Waals surface area contributed by atoms with Gasteiger partial charge in [-0.3, -0.25) is 14.6 Å². The Morgan fingerprint density at radius 2 is 1.71 bits per heavy atom. The second-order valence-electron chi connectivity index (χ2n) is 23.6. The number of aliphatic hydroxyl groups is 1. The van der Waals surface area contributed by atoms with Gasteiger partial charge in [-0.15, -0.1) is 16.4 Å². The molecule has 2 saturated heterocycles. The lowest BCUT2D eigenvalue weighted by Crippen LogP contribution is -2.50. The average Bonchev–Trinajstić information content (AvgIpc) is 3.93. The molecule has 0 bridgehead atoms. The summed E-state index contributed by atoms with van der Waals surface area (Å²) in [5, 5.41) is 38.7. The molecular weight excluding hydrogens is 1030 g/mol. The van der Waals surface area contributed by atoms with E-state index in [1.54, 1.807) is 35.5 Å². The number of aromatic nitrogens is 9.